The zero-order valence-corrected chi connectivity index (χ0v) is 10.3. The van der Waals surface area contributed by atoms with E-state index >= 15 is 0 Å². The van der Waals surface area contributed by atoms with Gasteiger partial charge in [-0.3, -0.25) is 4.90 Å². The van der Waals surface area contributed by atoms with E-state index in [0.29, 0.717) is 12.6 Å². The van der Waals surface area contributed by atoms with E-state index in [-0.39, 0.29) is 6.61 Å². The number of nitrogens with zero attached hydrogens (tertiary/aromatic N) is 1. The van der Waals surface area contributed by atoms with Gasteiger partial charge >= 0.3 is 0 Å². The van der Waals surface area contributed by atoms with Crippen LogP contribution >= 0.6 is 0 Å². The Labute approximate surface area is 97.7 Å². The molecule has 16 heavy (non-hydrogen) atoms. The van der Waals surface area contributed by atoms with Crippen molar-refractivity contribution in [2.75, 3.05) is 27.3 Å². The van der Waals surface area contributed by atoms with E-state index < -0.39 is 0 Å². The number of rotatable bonds is 6. The molecule has 0 fully saturated rings. The van der Waals surface area contributed by atoms with E-state index in [1.807, 2.05) is 19.2 Å². The second kappa shape index (κ2) is 6.51. The third-order valence-electron chi connectivity index (χ3n) is 2.87. The SMILES string of the molecule is CC[C@H](c1ccc(OC)cc1)N(C)CCO. The lowest BCUT2D eigenvalue weighted by atomic mass is 10.0. The van der Waals surface area contributed by atoms with Crippen LogP contribution in [0.25, 0.3) is 0 Å². The Hall–Kier alpha value is -1.06. The highest BCUT2D eigenvalue weighted by Crippen LogP contribution is 2.24. The predicted octanol–water partition coefficient (Wildman–Crippen LogP) is 2.07. The molecular weight excluding hydrogens is 202 g/mol. The number of methoxy groups -OCH3 is 1. The van der Waals surface area contributed by atoms with Crippen molar-refractivity contribution in [1.82, 2.24) is 4.90 Å². The van der Waals surface area contributed by atoms with Gasteiger partial charge in [-0.2, -0.15) is 0 Å². The second-order valence-electron chi connectivity index (χ2n) is 3.90. The van der Waals surface area contributed by atoms with E-state index in [1.54, 1.807) is 7.11 Å². The summed E-state index contributed by atoms with van der Waals surface area (Å²) in [7, 11) is 3.71. The van der Waals surface area contributed by atoms with Crippen LogP contribution in [0.4, 0.5) is 0 Å². The Bertz CT molecular complexity index is 297. The summed E-state index contributed by atoms with van der Waals surface area (Å²) < 4.78 is 5.14. The molecule has 0 aromatic heterocycles. The van der Waals surface area contributed by atoms with Crippen LogP contribution in [0.3, 0.4) is 0 Å². The molecule has 0 amide bonds. The van der Waals surface area contributed by atoms with E-state index in [2.05, 4.69) is 24.0 Å². The third kappa shape index (κ3) is 3.22. The highest BCUT2D eigenvalue weighted by molar-refractivity contribution is 5.29. The van der Waals surface area contributed by atoms with Crippen molar-refractivity contribution in [2.24, 2.45) is 0 Å². The van der Waals surface area contributed by atoms with Crippen LogP contribution in [-0.4, -0.2) is 37.3 Å². The van der Waals surface area contributed by atoms with Crippen molar-refractivity contribution in [2.45, 2.75) is 19.4 Å². The van der Waals surface area contributed by atoms with Crippen LogP contribution in [0.15, 0.2) is 24.3 Å². The molecule has 90 valence electrons. The highest BCUT2D eigenvalue weighted by Gasteiger charge is 2.14. The number of hydrogen-bond donors (Lipinski definition) is 1. The molecule has 3 nitrogen and oxygen atoms in total. The van der Waals surface area contributed by atoms with Gasteiger partial charge in [-0.1, -0.05) is 19.1 Å². The summed E-state index contributed by atoms with van der Waals surface area (Å²) in [6, 6.07) is 8.48. The maximum Gasteiger partial charge on any atom is 0.118 e. The molecule has 0 aliphatic carbocycles. The molecular formula is C13H21NO2. The minimum atomic E-state index is 0.198. The first-order valence-electron chi connectivity index (χ1n) is 5.68. The Morgan fingerprint density at radius 1 is 1.31 bits per heavy atom. The fraction of sp³-hybridized carbons (Fsp3) is 0.538. The first-order chi connectivity index (χ1) is 7.72. The normalized spacial score (nSPS) is 12.8. The molecule has 1 atom stereocenters. The summed E-state index contributed by atoms with van der Waals surface area (Å²) in [5.74, 6) is 0.878. The van der Waals surface area contributed by atoms with Gasteiger partial charge < -0.3 is 9.84 Å². The zero-order chi connectivity index (χ0) is 12.0. The minimum Gasteiger partial charge on any atom is -0.497 e. The van der Waals surface area contributed by atoms with E-state index in [9.17, 15) is 0 Å². The summed E-state index contributed by atoms with van der Waals surface area (Å²) in [6.45, 7) is 3.05. The van der Waals surface area contributed by atoms with E-state index in [1.165, 1.54) is 5.56 Å². The molecule has 0 heterocycles. The molecule has 3 heteroatoms. The van der Waals surface area contributed by atoms with Gasteiger partial charge in [0.15, 0.2) is 0 Å². The molecule has 1 rings (SSSR count). The number of ether oxygens (including phenoxy) is 1. The van der Waals surface area contributed by atoms with Crippen LogP contribution in [-0.2, 0) is 0 Å². The topological polar surface area (TPSA) is 32.7 Å². The van der Waals surface area contributed by atoms with Crippen LogP contribution in [0.1, 0.15) is 24.9 Å². The molecule has 0 unspecified atom stereocenters. The van der Waals surface area contributed by atoms with E-state index in [4.69, 9.17) is 9.84 Å². The first kappa shape index (κ1) is 13.0. The number of aliphatic hydroxyl groups is 1. The van der Waals surface area contributed by atoms with Crippen molar-refractivity contribution in [3.05, 3.63) is 29.8 Å². The average molecular weight is 223 g/mol. The fourth-order valence-electron chi connectivity index (χ4n) is 1.94. The summed E-state index contributed by atoms with van der Waals surface area (Å²) in [4.78, 5) is 2.17. The molecule has 0 saturated carbocycles. The molecule has 1 aromatic rings. The molecule has 0 bridgehead atoms. The lowest BCUT2D eigenvalue weighted by Gasteiger charge is -2.26. The largest absolute Gasteiger partial charge is 0.497 e. The lowest BCUT2D eigenvalue weighted by Crippen LogP contribution is -2.27. The Morgan fingerprint density at radius 3 is 2.38 bits per heavy atom. The molecule has 0 aliphatic rings. The highest BCUT2D eigenvalue weighted by atomic mass is 16.5. The number of hydrogen-bond acceptors (Lipinski definition) is 3. The Morgan fingerprint density at radius 2 is 1.94 bits per heavy atom. The van der Waals surface area contributed by atoms with Crippen molar-refractivity contribution >= 4 is 0 Å². The van der Waals surface area contributed by atoms with Gasteiger partial charge in [-0.05, 0) is 31.2 Å². The summed E-state index contributed by atoms with van der Waals surface area (Å²) in [6.07, 6.45) is 1.03. The zero-order valence-electron chi connectivity index (χ0n) is 10.3. The summed E-state index contributed by atoms with van der Waals surface area (Å²) in [5, 5.41) is 8.95. The van der Waals surface area contributed by atoms with Crippen molar-refractivity contribution in [3.8, 4) is 5.75 Å². The van der Waals surface area contributed by atoms with Crippen LogP contribution in [0.2, 0.25) is 0 Å². The molecule has 0 aliphatic heterocycles. The Kier molecular flexibility index (Phi) is 5.29. The maximum atomic E-state index is 8.95. The van der Waals surface area contributed by atoms with Crippen molar-refractivity contribution in [3.63, 3.8) is 0 Å². The van der Waals surface area contributed by atoms with Gasteiger partial charge in [0, 0.05) is 12.6 Å². The number of benzene rings is 1. The fourth-order valence-corrected chi connectivity index (χ4v) is 1.94. The molecule has 1 aromatic carbocycles. The Balaban J connectivity index is 2.78. The lowest BCUT2D eigenvalue weighted by molar-refractivity contribution is 0.177. The standard InChI is InChI=1S/C13H21NO2/c1-4-13(14(2)9-10-15)11-5-7-12(16-3)8-6-11/h5-8,13,15H,4,9-10H2,1-3H3/t13-/m1/s1. The predicted molar refractivity (Wildman–Crippen MR) is 65.7 cm³/mol. The maximum absolute atomic E-state index is 8.95. The quantitative estimate of drug-likeness (QED) is 0.801. The van der Waals surface area contributed by atoms with Crippen LogP contribution in [0, 0.1) is 0 Å². The monoisotopic (exact) mass is 223 g/mol. The van der Waals surface area contributed by atoms with Crippen LogP contribution < -0.4 is 4.74 Å². The van der Waals surface area contributed by atoms with Crippen molar-refractivity contribution < 1.29 is 9.84 Å². The third-order valence-corrected chi connectivity index (χ3v) is 2.87. The van der Waals surface area contributed by atoms with Gasteiger partial charge in [0.2, 0.25) is 0 Å². The number of likely N-dealkylation sites (N-methyl/N-ethyl adjacent to an activating group) is 1. The van der Waals surface area contributed by atoms with E-state index in [0.717, 1.165) is 12.2 Å². The van der Waals surface area contributed by atoms with Gasteiger partial charge in [-0.15, -0.1) is 0 Å². The van der Waals surface area contributed by atoms with Crippen molar-refractivity contribution in [1.29, 1.82) is 0 Å². The second-order valence-corrected chi connectivity index (χ2v) is 3.90. The van der Waals surface area contributed by atoms with Gasteiger partial charge in [-0.25, -0.2) is 0 Å². The average Bonchev–Trinajstić information content (AvgIpc) is 2.31. The van der Waals surface area contributed by atoms with Crippen LogP contribution in [0.5, 0.6) is 5.75 Å². The smallest absolute Gasteiger partial charge is 0.118 e. The minimum absolute atomic E-state index is 0.198. The first-order valence-corrected chi connectivity index (χ1v) is 5.68. The van der Waals surface area contributed by atoms with Gasteiger partial charge in [0.05, 0.1) is 13.7 Å². The molecule has 1 N–H and O–H groups in total. The summed E-state index contributed by atoms with van der Waals surface area (Å²) in [5.41, 5.74) is 1.26. The summed E-state index contributed by atoms with van der Waals surface area (Å²) >= 11 is 0. The van der Waals surface area contributed by atoms with Gasteiger partial charge in [0.25, 0.3) is 0 Å². The molecule has 0 saturated heterocycles. The molecule has 0 radical (unpaired) electrons. The van der Waals surface area contributed by atoms with Gasteiger partial charge in [0.1, 0.15) is 5.75 Å². The number of aliphatic hydroxyl groups excluding tert-OH is 1. The molecule has 0 spiro atoms.